The van der Waals surface area contributed by atoms with Crippen LogP contribution in [-0.4, -0.2) is 25.6 Å². The number of hydrogen-bond acceptors (Lipinski definition) is 3. The minimum atomic E-state index is -0.180. The van der Waals surface area contributed by atoms with Gasteiger partial charge >= 0.3 is 324 Å². The van der Waals surface area contributed by atoms with E-state index in [1.807, 2.05) is 30.3 Å². The van der Waals surface area contributed by atoms with E-state index in [0.29, 0.717) is 11.6 Å². The van der Waals surface area contributed by atoms with E-state index in [1.54, 1.807) is 0 Å². The molecule has 3 aromatic heterocycles. The monoisotopic (exact) mass is 1050 g/mol. The summed E-state index contributed by atoms with van der Waals surface area (Å²) < 4.78 is 14.8. The fourth-order valence-corrected chi connectivity index (χ4v) is 11.1. The molecule has 13 rings (SSSR count). The van der Waals surface area contributed by atoms with Crippen LogP contribution in [0.5, 0.6) is 11.6 Å². The first-order chi connectivity index (χ1) is 33.7. The molecule has 12 aromatic rings. The molecule has 0 spiro atoms. The molecule has 0 aliphatic carbocycles. The fourth-order valence-electron chi connectivity index (χ4n) is 10.1. The summed E-state index contributed by atoms with van der Waals surface area (Å²) in [7, 11) is 0. The van der Waals surface area contributed by atoms with Crippen molar-refractivity contribution < 1.29 is 24.1 Å². The normalized spacial score (nSPS) is 12.1. The summed E-state index contributed by atoms with van der Waals surface area (Å²) in [6.07, 6.45) is 0. The first-order valence-electron chi connectivity index (χ1n) is 22.7. The Morgan fingerprint density at radius 1 is 0.500 bits per heavy atom. The SMILES string of the molecule is [Pt]=[c]1n(-c2[c-]c(Oc3cccc(N4B(c5ccccc5)n5c6ccccc6c6cc[c-]c4c65)n3)ccc2)c2ccccc2n1-c1c(-c2ccccc2)cccc1-c1cccc(-c2ccccc2)c1. The topological polar surface area (TPSA) is 40.1 Å². The Kier molecular flexibility index (Phi) is 9.76. The number of hydrogen-bond donors (Lipinski definition) is 0. The molecule has 0 fully saturated rings. The summed E-state index contributed by atoms with van der Waals surface area (Å²) in [5.74, 6) is 1.79. The van der Waals surface area contributed by atoms with E-state index in [2.05, 4.69) is 250 Å². The van der Waals surface area contributed by atoms with Gasteiger partial charge in [-0.15, -0.1) is 5.39 Å². The Labute approximate surface area is 404 Å². The van der Waals surface area contributed by atoms with Crippen LogP contribution in [0.25, 0.3) is 77.6 Å². The van der Waals surface area contributed by atoms with Crippen molar-refractivity contribution in [1.82, 2.24) is 18.6 Å². The van der Waals surface area contributed by atoms with Gasteiger partial charge in [0, 0.05) is 5.52 Å². The number of imidazole rings is 1. The summed E-state index contributed by atoms with van der Waals surface area (Å²) >= 11 is 2.48. The summed E-state index contributed by atoms with van der Waals surface area (Å²) in [6, 6.07) is 88.1. The molecule has 0 amide bonds. The van der Waals surface area contributed by atoms with E-state index >= 15 is 0 Å². The van der Waals surface area contributed by atoms with Gasteiger partial charge in [0.25, 0.3) is 0 Å². The minimum absolute atomic E-state index is 0.180. The van der Waals surface area contributed by atoms with E-state index in [-0.39, 0.29) is 6.98 Å². The summed E-state index contributed by atoms with van der Waals surface area (Å²) in [5.41, 5.74) is 15.4. The number of nitrogens with zero attached hydrogens (tertiary/aromatic N) is 5. The van der Waals surface area contributed by atoms with Crippen molar-refractivity contribution in [3.63, 3.8) is 0 Å². The molecule has 6 nitrogen and oxygen atoms in total. The number of benzene rings is 9. The maximum absolute atomic E-state index is 6.70. The third-order valence-corrected chi connectivity index (χ3v) is 14.0. The zero-order valence-electron chi connectivity index (χ0n) is 36.5. The van der Waals surface area contributed by atoms with Crippen molar-refractivity contribution in [2.45, 2.75) is 0 Å². The van der Waals surface area contributed by atoms with E-state index in [0.717, 1.165) is 71.0 Å². The molecule has 9 aromatic carbocycles. The van der Waals surface area contributed by atoms with E-state index in [9.17, 15) is 0 Å². The van der Waals surface area contributed by atoms with Crippen LogP contribution in [0.3, 0.4) is 0 Å². The van der Waals surface area contributed by atoms with Crippen LogP contribution in [0, 0.1) is 15.9 Å². The molecule has 1 aliphatic heterocycles. The summed E-state index contributed by atoms with van der Waals surface area (Å²) in [6.45, 7) is -0.180. The molecule has 0 unspecified atom stereocenters. The average Bonchev–Trinajstić information content (AvgIpc) is 4.04. The van der Waals surface area contributed by atoms with Gasteiger partial charge in [-0.1, -0.05) is 48.5 Å². The quantitative estimate of drug-likeness (QED) is 0.107. The Hall–Kier alpha value is -8.25. The van der Waals surface area contributed by atoms with Crippen molar-refractivity contribution in [2.24, 2.45) is 0 Å². The van der Waals surface area contributed by atoms with Crippen molar-refractivity contribution in [3.8, 4) is 56.4 Å². The van der Waals surface area contributed by atoms with Gasteiger partial charge in [-0.3, -0.25) is 0 Å². The van der Waals surface area contributed by atoms with Crippen LogP contribution in [0.2, 0.25) is 0 Å². The molecule has 68 heavy (non-hydrogen) atoms. The zero-order valence-corrected chi connectivity index (χ0v) is 38.7. The predicted molar refractivity (Wildman–Crippen MR) is 273 cm³/mol. The number of fused-ring (bicyclic) bond motifs is 4. The second-order valence-electron chi connectivity index (χ2n) is 16.9. The Morgan fingerprint density at radius 3 is 1.91 bits per heavy atom. The van der Waals surface area contributed by atoms with Gasteiger partial charge in [-0.2, -0.15) is 12.1 Å². The maximum atomic E-state index is 6.70. The van der Waals surface area contributed by atoms with Crippen molar-refractivity contribution >= 4 is 56.8 Å². The number of pyridine rings is 1. The molecule has 0 N–H and O–H groups in total. The van der Waals surface area contributed by atoms with Gasteiger partial charge in [-0.05, 0) is 11.5 Å². The number of aromatic nitrogens is 4. The van der Waals surface area contributed by atoms with Crippen LogP contribution in [0.1, 0.15) is 0 Å². The molecule has 0 radical (unpaired) electrons. The number of anilines is 2. The molecule has 8 heteroatoms. The van der Waals surface area contributed by atoms with Gasteiger partial charge in [0.15, 0.2) is 0 Å². The average molecular weight is 1050 g/mol. The number of para-hydroxylation sites is 4. The van der Waals surface area contributed by atoms with Gasteiger partial charge in [-0.25, -0.2) is 0 Å². The van der Waals surface area contributed by atoms with Gasteiger partial charge in [0.1, 0.15) is 0 Å². The van der Waals surface area contributed by atoms with Crippen LogP contribution in [-0.2, 0) is 19.4 Å². The first-order valence-corrected chi connectivity index (χ1v) is 23.8. The molecule has 1 aliphatic rings. The van der Waals surface area contributed by atoms with Crippen LogP contribution in [0.15, 0.2) is 231 Å². The molecule has 4 heterocycles. The van der Waals surface area contributed by atoms with Crippen LogP contribution in [0.4, 0.5) is 11.5 Å². The second kappa shape index (κ2) is 16.6. The van der Waals surface area contributed by atoms with Crippen molar-refractivity contribution in [2.75, 3.05) is 4.81 Å². The molecule has 0 saturated heterocycles. The number of rotatable bonds is 9. The molecular formula is C60H38BN5OPt-2. The standard InChI is InChI=1S/C60H38BN5O.Pt/c1-4-19-42(20-5-1)44-23-14-24-45(39-44)50-31-16-30-49(43-21-6-2-7-22-43)59(50)64-41-63(54-34-12-13-35-55(54)64)47-27-15-28-48(40-47)67-58-38-18-37-57(62-58)65-56-36-17-32-52-51-29-10-11-33-53(51)66(60(52)56)61(65)46-25-8-3-9-26-46;/h1-35,37-39H;/q-2;. The Morgan fingerprint density at radius 2 is 1.12 bits per heavy atom. The molecule has 0 bridgehead atoms. The van der Waals surface area contributed by atoms with Crippen molar-refractivity contribution in [1.29, 1.82) is 0 Å². The van der Waals surface area contributed by atoms with E-state index < -0.39 is 0 Å². The van der Waals surface area contributed by atoms with Crippen LogP contribution < -0.4 is 15.0 Å². The van der Waals surface area contributed by atoms with E-state index in [4.69, 9.17) is 9.72 Å². The van der Waals surface area contributed by atoms with Crippen molar-refractivity contribution in [3.05, 3.63) is 246 Å². The predicted octanol–water partition coefficient (Wildman–Crippen LogP) is 13.8. The summed E-state index contributed by atoms with van der Waals surface area (Å²) in [4.78, 5) is 7.49. The molecule has 0 saturated carbocycles. The van der Waals surface area contributed by atoms with E-state index in [1.165, 1.54) is 27.4 Å². The molecule has 324 valence electrons. The van der Waals surface area contributed by atoms with Crippen LogP contribution >= 0.6 is 0 Å². The second-order valence-corrected chi connectivity index (χ2v) is 17.9. The fraction of sp³-hybridized carbons (Fsp3) is 0. The molecular weight excluding hydrogens is 1010 g/mol. The Bertz CT molecular complexity index is 3940. The van der Waals surface area contributed by atoms with Gasteiger partial charge in [0.05, 0.1) is 0 Å². The van der Waals surface area contributed by atoms with Gasteiger partial charge < -0.3 is 0 Å². The third kappa shape index (κ3) is 6.61. The first kappa shape index (κ1) is 40.1. The third-order valence-electron chi connectivity index (χ3n) is 13.0. The number of ether oxygens (including phenoxy) is 1. The van der Waals surface area contributed by atoms with Gasteiger partial charge in [0.2, 0.25) is 0 Å². The zero-order chi connectivity index (χ0) is 45.1. The molecule has 0 atom stereocenters. The summed E-state index contributed by atoms with van der Waals surface area (Å²) in [5, 5.41) is 2.42. The Balaban J connectivity index is 0.916.